The molecule has 2 N–H and O–H groups in total. The number of benzene rings is 4. The highest BCUT2D eigenvalue weighted by Crippen LogP contribution is 2.44. The SMILES string of the molecule is Cc1cc(CO[Si](c2ccccc2)(c2ccccc2)C(C)(C)C)cc(C(C)C)c1N1CN=C(N2C[C@@H](C)N(C(=O)OC(C)(C)C)C[C@@H]2C)c2cc(Cl)c(-c3c(N)cccc3F)nc21. The van der Waals surface area contributed by atoms with Crippen molar-refractivity contribution in [3.05, 3.63) is 130 Å². The van der Waals surface area contributed by atoms with Crippen molar-refractivity contribution in [1.29, 1.82) is 0 Å². The van der Waals surface area contributed by atoms with Crippen LogP contribution in [0.15, 0.2) is 102 Å². The molecule has 5 aromatic rings. The molecule has 0 radical (unpaired) electrons. The van der Waals surface area contributed by atoms with Crippen LogP contribution in [0.3, 0.4) is 0 Å². The molecular weight excluding hydrogens is 827 g/mol. The molecule has 0 aliphatic carbocycles. The Morgan fingerprint density at radius 3 is 2.11 bits per heavy atom. The van der Waals surface area contributed by atoms with E-state index >= 15 is 4.39 Å². The Balaban J connectivity index is 1.32. The van der Waals surface area contributed by atoms with E-state index in [4.69, 9.17) is 36.5 Å². The summed E-state index contributed by atoms with van der Waals surface area (Å²) in [5.41, 5.74) is 11.4. The summed E-state index contributed by atoms with van der Waals surface area (Å²) >= 11 is 7.10. The lowest BCUT2D eigenvalue weighted by Crippen LogP contribution is -2.66. The van der Waals surface area contributed by atoms with Gasteiger partial charge in [0.15, 0.2) is 0 Å². The number of pyridine rings is 1. The molecule has 1 amide bonds. The summed E-state index contributed by atoms with van der Waals surface area (Å²) in [6.07, 6.45) is -0.340. The van der Waals surface area contributed by atoms with Crippen LogP contribution in [0.4, 0.5) is 26.4 Å². The zero-order valence-corrected chi connectivity index (χ0v) is 40.3. The van der Waals surface area contributed by atoms with Crippen LogP contribution in [-0.2, 0) is 15.8 Å². The predicted molar refractivity (Wildman–Crippen MR) is 259 cm³/mol. The van der Waals surface area contributed by atoms with Gasteiger partial charge in [-0.1, -0.05) is 125 Å². The van der Waals surface area contributed by atoms with Gasteiger partial charge in [-0.25, -0.2) is 19.2 Å². The molecule has 63 heavy (non-hydrogen) atoms. The summed E-state index contributed by atoms with van der Waals surface area (Å²) in [7, 11) is -2.82. The molecule has 0 unspecified atom stereocenters. The Bertz CT molecular complexity index is 2450. The maximum atomic E-state index is 15.7. The Labute approximate surface area is 379 Å². The Morgan fingerprint density at radius 2 is 1.54 bits per heavy atom. The standard InChI is InChI=1S/C51H62ClFN6O3Si/c1-32(2)39-26-36(30-61-63(51(9,10)11,37-19-14-12-15-20-37)38-21-16-13-17-22-38)25-33(3)46(39)59-31-55-47(57-28-35(5)58(29-34(57)4)49(60)62-50(6,7)8)40-27-41(52)45(56-48(40)59)44-42(53)23-18-24-43(44)54/h12-27,32,34-35H,28-31,54H2,1-11H3/t34-,35+/m0/s1. The van der Waals surface area contributed by atoms with E-state index in [0.717, 1.165) is 22.4 Å². The summed E-state index contributed by atoms with van der Waals surface area (Å²) in [6, 6.07) is 32.0. The highest BCUT2D eigenvalue weighted by atomic mass is 35.5. The zero-order valence-electron chi connectivity index (χ0n) is 38.6. The summed E-state index contributed by atoms with van der Waals surface area (Å²) in [4.78, 5) is 29.9. The Hall–Kier alpha value is -5.23. The van der Waals surface area contributed by atoms with E-state index in [9.17, 15) is 4.79 Å². The monoisotopic (exact) mass is 888 g/mol. The molecule has 2 atom stereocenters. The van der Waals surface area contributed by atoms with Crippen molar-refractivity contribution in [2.75, 3.05) is 30.4 Å². The third kappa shape index (κ3) is 8.97. The van der Waals surface area contributed by atoms with E-state index in [-0.39, 0.29) is 57.8 Å². The van der Waals surface area contributed by atoms with Gasteiger partial charge in [0.05, 0.1) is 34.1 Å². The summed E-state index contributed by atoms with van der Waals surface area (Å²) in [6.45, 7) is 24.7. The average molecular weight is 890 g/mol. The van der Waals surface area contributed by atoms with Crippen LogP contribution in [0.1, 0.15) is 97.4 Å². The molecule has 9 nitrogen and oxygen atoms in total. The number of aryl methyl sites for hydroxylation is 1. The number of nitrogens with two attached hydrogens (primary N) is 1. The van der Waals surface area contributed by atoms with Crippen LogP contribution in [0.5, 0.6) is 0 Å². The molecule has 0 bridgehead atoms. The average Bonchev–Trinajstić information content (AvgIpc) is 3.21. The number of hydrogen-bond acceptors (Lipinski definition) is 8. The van der Waals surface area contributed by atoms with Crippen molar-refractivity contribution in [2.24, 2.45) is 4.99 Å². The lowest BCUT2D eigenvalue weighted by Gasteiger charge is -2.46. The van der Waals surface area contributed by atoms with E-state index in [2.05, 4.69) is 131 Å². The molecule has 2 aliphatic heterocycles. The number of nitrogens with zero attached hydrogens (tertiary/aromatic N) is 5. The molecule has 7 rings (SSSR count). The number of carbonyl (C=O) groups excluding carboxylic acids is 1. The number of carbonyl (C=O) groups is 1. The fourth-order valence-electron chi connectivity index (χ4n) is 9.25. The molecular formula is C51H62ClFN6O3Si. The predicted octanol–water partition coefficient (Wildman–Crippen LogP) is 10.8. The number of nitrogen functional groups attached to an aromatic ring is 1. The smallest absolute Gasteiger partial charge is 0.410 e. The first-order chi connectivity index (χ1) is 29.7. The van der Waals surface area contributed by atoms with E-state index in [1.807, 2.05) is 33.8 Å². The molecule has 1 aromatic heterocycles. The highest BCUT2D eigenvalue weighted by Gasteiger charge is 2.50. The van der Waals surface area contributed by atoms with E-state index < -0.39 is 19.7 Å². The third-order valence-corrected chi connectivity index (χ3v) is 17.4. The maximum absolute atomic E-state index is 15.7. The van der Waals surface area contributed by atoms with Crippen molar-refractivity contribution in [3.63, 3.8) is 0 Å². The second-order valence-corrected chi connectivity index (χ2v) is 24.1. The van der Waals surface area contributed by atoms with Gasteiger partial charge in [0.1, 0.15) is 29.7 Å². The van der Waals surface area contributed by atoms with Gasteiger partial charge in [0, 0.05) is 30.9 Å². The minimum atomic E-state index is -2.82. The van der Waals surface area contributed by atoms with Gasteiger partial charge in [0.25, 0.3) is 8.32 Å². The first kappa shape index (κ1) is 45.8. The van der Waals surface area contributed by atoms with Crippen molar-refractivity contribution in [2.45, 2.75) is 111 Å². The number of amides is 1. The Kier molecular flexibility index (Phi) is 12.9. The van der Waals surface area contributed by atoms with E-state index in [0.29, 0.717) is 36.9 Å². The number of aliphatic imine (C=N–C) groups is 1. The molecule has 3 heterocycles. The molecule has 1 fully saturated rings. The molecule has 4 aromatic carbocycles. The van der Waals surface area contributed by atoms with Gasteiger partial charge in [-0.15, -0.1) is 0 Å². The second-order valence-electron chi connectivity index (χ2n) is 19.4. The number of amidine groups is 1. The van der Waals surface area contributed by atoms with Gasteiger partial charge >= 0.3 is 6.09 Å². The quantitative estimate of drug-likeness (QED) is 0.122. The van der Waals surface area contributed by atoms with Gasteiger partial charge in [-0.3, -0.25) is 0 Å². The van der Waals surface area contributed by atoms with Crippen molar-refractivity contribution < 1.29 is 18.3 Å². The highest BCUT2D eigenvalue weighted by molar-refractivity contribution is 6.99. The van der Waals surface area contributed by atoms with Crippen molar-refractivity contribution in [1.82, 2.24) is 14.8 Å². The fraction of sp³-hybridized carbons (Fsp3) is 0.392. The molecule has 1 saturated heterocycles. The minimum absolute atomic E-state index is 0.108. The van der Waals surface area contributed by atoms with Gasteiger partial charge in [0.2, 0.25) is 0 Å². The molecule has 12 heteroatoms. The maximum Gasteiger partial charge on any atom is 0.410 e. The van der Waals surface area contributed by atoms with Crippen LogP contribution in [0.25, 0.3) is 11.3 Å². The number of rotatable bonds is 8. The van der Waals surface area contributed by atoms with E-state index in [1.165, 1.54) is 16.4 Å². The van der Waals surface area contributed by atoms with Gasteiger partial charge < -0.3 is 29.6 Å². The molecule has 0 spiro atoms. The zero-order chi connectivity index (χ0) is 45.6. The number of anilines is 3. The number of hydrogen-bond donors (Lipinski definition) is 1. The first-order valence-electron chi connectivity index (χ1n) is 21.9. The van der Waals surface area contributed by atoms with Crippen molar-refractivity contribution >= 4 is 59.4 Å². The summed E-state index contributed by atoms with van der Waals surface area (Å²) < 4.78 is 28.9. The van der Waals surface area contributed by atoms with Crippen LogP contribution in [-0.4, -0.2) is 72.5 Å². The van der Waals surface area contributed by atoms with Crippen LogP contribution >= 0.6 is 11.6 Å². The van der Waals surface area contributed by atoms with Crippen molar-refractivity contribution in [3.8, 4) is 11.3 Å². The molecule has 2 aliphatic rings. The number of aromatic nitrogens is 1. The first-order valence-corrected chi connectivity index (χ1v) is 24.2. The molecule has 0 saturated carbocycles. The van der Waals surface area contributed by atoms with E-state index in [1.54, 1.807) is 17.0 Å². The fourth-order valence-corrected chi connectivity index (χ4v) is 14.0. The topological polar surface area (TPSA) is 96.5 Å². The normalized spacial score (nSPS) is 17.2. The second kappa shape index (κ2) is 17.7. The number of piperazine rings is 1. The lowest BCUT2D eigenvalue weighted by atomic mass is 9.94. The minimum Gasteiger partial charge on any atom is -0.444 e. The largest absolute Gasteiger partial charge is 0.444 e. The number of halogens is 2. The van der Waals surface area contributed by atoms with Crippen LogP contribution < -0.4 is 21.0 Å². The summed E-state index contributed by atoms with van der Waals surface area (Å²) in [5, 5.41) is 2.53. The van der Waals surface area contributed by atoms with Crippen LogP contribution in [0.2, 0.25) is 10.1 Å². The van der Waals surface area contributed by atoms with Crippen LogP contribution in [0, 0.1) is 12.7 Å². The molecule has 332 valence electrons. The summed E-state index contributed by atoms with van der Waals surface area (Å²) in [5.74, 6) is 0.908. The van der Waals surface area contributed by atoms with Gasteiger partial charge in [-0.2, -0.15) is 0 Å². The van der Waals surface area contributed by atoms with Gasteiger partial charge in [-0.05, 0) is 97.8 Å². The number of fused-ring (bicyclic) bond motifs is 1. The Morgan fingerprint density at radius 1 is 0.905 bits per heavy atom. The lowest BCUT2D eigenvalue weighted by molar-refractivity contribution is 0.000458. The number of ether oxygens (including phenoxy) is 1. The third-order valence-electron chi connectivity index (χ3n) is 12.1.